The van der Waals surface area contributed by atoms with E-state index in [1.54, 1.807) is 19.1 Å². The number of anilines is 1. The van der Waals surface area contributed by atoms with Gasteiger partial charge in [-0.05, 0) is 44.2 Å². The second-order valence-corrected chi connectivity index (χ2v) is 7.81. The van der Waals surface area contributed by atoms with Gasteiger partial charge in [0.2, 0.25) is 11.8 Å². The molecule has 28 heavy (non-hydrogen) atoms. The summed E-state index contributed by atoms with van der Waals surface area (Å²) in [6.45, 7) is 3.64. The fraction of sp³-hybridized carbons (Fsp3) is 0.190. The van der Waals surface area contributed by atoms with Gasteiger partial charge in [0.15, 0.2) is 0 Å². The summed E-state index contributed by atoms with van der Waals surface area (Å²) in [6.07, 6.45) is 0. The van der Waals surface area contributed by atoms with E-state index in [9.17, 15) is 9.59 Å². The zero-order valence-corrected chi connectivity index (χ0v) is 16.2. The Morgan fingerprint density at radius 3 is 2.82 bits per heavy atom. The monoisotopic (exact) mass is 394 g/mol. The number of nitrogens with zero attached hydrogens (tertiary/aromatic N) is 1. The number of fused-ring (bicyclic) bond motifs is 1. The molecule has 0 aliphatic carbocycles. The van der Waals surface area contributed by atoms with Gasteiger partial charge in [-0.15, -0.1) is 11.8 Å². The summed E-state index contributed by atoms with van der Waals surface area (Å²) >= 11 is 1.47. The normalized spacial score (nSPS) is 15.6. The van der Waals surface area contributed by atoms with Crippen LogP contribution in [0.5, 0.6) is 0 Å². The van der Waals surface area contributed by atoms with Crippen molar-refractivity contribution in [2.45, 2.75) is 30.6 Å². The van der Waals surface area contributed by atoms with Crippen molar-refractivity contribution in [3.05, 3.63) is 65.5 Å². The predicted molar refractivity (Wildman–Crippen MR) is 106 cm³/mol. The second-order valence-electron chi connectivity index (χ2n) is 6.42. The molecule has 1 unspecified atom stereocenters. The summed E-state index contributed by atoms with van der Waals surface area (Å²) < 4.78 is 11.1. The zero-order chi connectivity index (χ0) is 19.7. The lowest BCUT2D eigenvalue weighted by Gasteiger charge is -2.21. The number of amides is 1. The molecule has 0 radical (unpaired) electrons. The number of nitrogens with one attached hydrogen (secondary N) is 1. The van der Waals surface area contributed by atoms with Crippen molar-refractivity contribution in [1.82, 2.24) is 4.98 Å². The number of aryl methyl sites for hydroxylation is 1. The Kier molecular flexibility index (Phi) is 4.92. The van der Waals surface area contributed by atoms with E-state index >= 15 is 0 Å². The Morgan fingerprint density at radius 1 is 1.25 bits per heavy atom. The van der Waals surface area contributed by atoms with Crippen LogP contribution in [-0.4, -0.2) is 22.1 Å². The van der Waals surface area contributed by atoms with Gasteiger partial charge in [-0.1, -0.05) is 18.2 Å². The van der Waals surface area contributed by atoms with Gasteiger partial charge in [-0.2, -0.15) is 0 Å². The number of ether oxygens (including phenoxy) is 1. The van der Waals surface area contributed by atoms with Crippen LogP contribution in [0.4, 0.5) is 5.69 Å². The molecule has 7 heteroatoms. The molecule has 1 aromatic heterocycles. The summed E-state index contributed by atoms with van der Waals surface area (Å²) in [5.41, 5.74) is 2.44. The molecule has 4 rings (SSSR count). The molecule has 142 valence electrons. The Bertz CT molecular complexity index is 1050. The van der Waals surface area contributed by atoms with Crippen LogP contribution in [0.1, 0.15) is 28.7 Å². The summed E-state index contributed by atoms with van der Waals surface area (Å²) in [6, 6.07) is 14.7. The fourth-order valence-electron chi connectivity index (χ4n) is 2.82. The Balaban J connectivity index is 1.46. The Labute approximate surface area is 166 Å². The summed E-state index contributed by atoms with van der Waals surface area (Å²) in [4.78, 5) is 29.6. The van der Waals surface area contributed by atoms with E-state index in [1.807, 2.05) is 43.3 Å². The standard InChI is InChI=1S/C21H18N2O4S/c1-12-17(23-20(27-12)14-6-4-3-5-7-14)11-26-21(25)15-8-9-18-16(10-15)22-19(24)13(2)28-18/h3-10,13H,11H2,1-2H3,(H,22,24). The highest BCUT2D eigenvalue weighted by molar-refractivity contribution is 8.00. The van der Waals surface area contributed by atoms with Crippen LogP contribution in [0.2, 0.25) is 0 Å². The van der Waals surface area contributed by atoms with Crippen molar-refractivity contribution in [3.63, 3.8) is 0 Å². The first kappa shape index (κ1) is 18.3. The third-order valence-electron chi connectivity index (χ3n) is 4.40. The van der Waals surface area contributed by atoms with Gasteiger partial charge < -0.3 is 14.5 Å². The van der Waals surface area contributed by atoms with Crippen LogP contribution < -0.4 is 5.32 Å². The highest BCUT2D eigenvalue weighted by atomic mass is 32.2. The van der Waals surface area contributed by atoms with Crippen LogP contribution in [0.3, 0.4) is 0 Å². The molecule has 1 atom stereocenters. The number of benzene rings is 2. The quantitative estimate of drug-likeness (QED) is 0.659. The molecule has 1 aliphatic heterocycles. The second kappa shape index (κ2) is 7.52. The molecule has 2 heterocycles. The zero-order valence-electron chi connectivity index (χ0n) is 15.4. The minimum absolute atomic E-state index is 0.0101. The first-order valence-corrected chi connectivity index (χ1v) is 9.69. The van der Waals surface area contributed by atoms with Gasteiger partial charge in [-0.25, -0.2) is 9.78 Å². The van der Waals surface area contributed by atoms with E-state index in [4.69, 9.17) is 9.15 Å². The first-order chi connectivity index (χ1) is 13.5. The number of hydrogen-bond acceptors (Lipinski definition) is 6. The average molecular weight is 394 g/mol. The summed E-state index contributed by atoms with van der Waals surface area (Å²) in [5, 5.41) is 2.66. The van der Waals surface area contributed by atoms with Gasteiger partial charge in [0.05, 0.1) is 16.5 Å². The van der Waals surface area contributed by atoms with Crippen LogP contribution in [0, 0.1) is 6.92 Å². The van der Waals surface area contributed by atoms with Gasteiger partial charge >= 0.3 is 5.97 Å². The van der Waals surface area contributed by atoms with Gasteiger partial charge in [-0.3, -0.25) is 4.79 Å². The summed E-state index contributed by atoms with van der Waals surface area (Å²) in [7, 11) is 0. The average Bonchev–Trinajstić information content (AvgIpc) is 3.08. The number of thioether (sulfide) groups is 1. The largest absolute Gasteiger partial charge is 0.455 e. The molecular weight excluding hydrogens is 376 g/mol. The lowest BCUT2D eigenvalue weighted by Crippen LogP contribution is -2.26. The SMILES string of the molecule is Cc1oc(-c2ccccc2)nc1COC(=O)c1ccc2c(c1)NC(=O)C(C)S2. The summed E-state index contributed by atoms with van der Waals surface area (Å²) in [5.74, 6) is 0.542. The molecule has 6 nitrogen and oxygen atoms in total. The number of oxazole rings is 1. The van der Waals surface area contributed by atoms with Gasteiger partial charge in [0.1, 0.15) is 18.1 Å². The number of aromatic nitrogens is 1. The minimum Gasteiger partial charge on any atom is -0.455 e. The maximum atomic E-state index is 12.4. The van der Waals surface area contributed by atoms with Crippen molar-refractivity contribution >= 4 is 29.3 Å². The number of carbonyl (C=O) groups is 2. The fourth-order valence-corrected chi connectivity index (χ4v) is 3.75. The Morgan fingerprint density at radius 2 is 2.04 bits per heavy atom. The highest BCUT2D eigenvalue weighted by Crippen LogP contribution is 2.36. The van der Waals surface area contributed by atoms with Crippen molar-refractivity contribution in [1.29, 1.82) is 0 Å². The molecule has 0 saturated carbocycles. The molecule has 3 aromatic rings. The molecule has 1 aliphatic rings. The minimum atomic E-state index is -0.482. The smallest absolute Gasteiger partial charge is 0.338 e. The molecular formula is C21H18N2O4S. The Hall–Kier alpha value is -3.06. The van der Waals surface area contributed by atoms with E-state index in [1.165, 1.54) is 11.8 Å². The van der Waals surface area contributed by atoms with Gasteiger partial charge in [0.25, 0.3) is 0 Å². The predicted octanol–water partition coefficient (Wildman–Crippen LogP) is 4.44. The van der Waals surface area contributed by atoms with Crippen molar-refractivity contribution < 1.29 is 18.7 Å². The third-order valence-corrected chi connectivity index (χ3v) is 5.58. The van der Waals surface area contributed by atoms with Crippen molar-refractivity contribution in [3.8, 4) is 11.5 Å². The van der Waals surface area contributed by atoms with Crippen LogP contribution in [0.25, 0.3) is 11.5 Å². The maximum absolute atomic E-state index is 12.4. The first-order valence-electron chi connectivity index (χ1n) is 8.81. The molecule has 0 bridgehead atoms. The van der Waals surface area contributed by atoms with Crippen molar-refractivity contribution in [2.75, 3.05) is 5.32 Å². The van der Waals surface area contributed by atoms with E-state index in [0.717, 1.165) is 10.5 Å². The van der Waals surface area contributed by atoms with Crippen LogP contribution in [0.15, 0.2) is 57.8 Å². The lowest BCUT2D eigenvalue weighted by atomic mass is 10.2. The lowest BCUT2D eigenvalue weighted by molar-refractivity contribution is -0.115. The van der Waals surface area contributed by atoms with E-state index in [2.05, 4.69) is 10.3 Å². The van der Waals surface area contributed by atoms with E-state index < -0.39 is 5.97 Å². The molecule has 0 fully saturated rings. The highest BCUT2D eigenvalue weighted by Gasteiger charge is 2.24. The van der Waals surface area contributed by atoms with Crippen LogP contribution >= 0.6 is 11.8 Å². The molecule has 1 N–H and O–H groups in total. The van der Waals surface area contributed by atoms with Crippen molar-refractivity contribution in [2.24, 2.45) is 0 Å². The molecule has 2 aromatic carbocycles. The van der Waals surface area contributed by atoms with Crippen LogP contribution in [-0.2, 0) is 16.1 Å². The van der Waals surface area contributed by atoms with E-state index in [0.29, 0.717) is 28.6 Å². The topological polar surface area (TPSA) is 81.4 Å². The van der Waals surface area contributed by atoms with E-state index in [-0.39, 0.29) is 17.8 Å². The van der Waals surface area contributed by atoms with Gasteiger partial charge in [0, 0.05) is 10.5 Å². The molecule has 1 amide bonds. The maximum Gasteiger partial charge on any atom is 0.338 e. The molecule has 0 saturated heterocycles. The number of rotatable bonds is 4. The number of carbonyl (C=O) groups excluding carboxylic acids is 2. The molecule has 0 spiro atoms. The number of esters is 1. The number of hydrogen-bond donors (Lipinski definition) is 1. The third kappa shape index (κ3) is 3.66.